The van der Waals surface area contributed by atoms with Gasteiger partial charge in [-0.1, -0.05) is 25.7 Å². The second-order valence-electron chi connectivity index (χ2n) is 4.44. The maximum atomic E-state index is 13.2. The summed E-state index contributed by atoms with van der Waals surface area (Å²) in [5.41, 5.74) is 0. The molecule has 0 amide bonds. The molecular weight excluding hydrogens is 233 g/mol. The normalized spacial score (nSPS) is 21.6. The highest BCUT2D eigenvalue weighted by Crippen LogP contribution is 2.17. The van der Waals surface area contributed by atoms with E-state index in [2.05, 4.69) is 5.32 Å². The van der Waals surface area contributed by atoms with Gasteiger partial charge in [-0.05, 0) is 12.8 Å². The Balaban J connectivity index is 2.22. The van der Waals surface area contributed by atoms with Gasteiger partial charge in [0.05, 0.1) is 0 Å². The van der Waals surface area contributed by atoms with E-state index in [1.165, 1.54) is 12.8 Å². The summed E-state index contributed by atoms with van der Waals surface area (Å²) in [6.45, 7) is 0.00442. The lowest BCUT2D eigenvalue weighted by Gasteiger charge is -2.17. The second-order valence-corrected chi connectivity index (χ2v) is 5.94. The molecule has 0 aromatic heterocycles. The zero-order valence-electron chi connectivity index (χ0n) is 9.36. The van der Waals surface area contributed by atoms with Crippen LogP contribution in [0.15, 0.2) is 0 Å². The second kappa shape index (κ2) is 6.51. The average Bonchev–Trinajstić information content (AvgIpc) is 2.39. The van der Waals surface area contributed by atoms with Crippen molar-refractivity contribution in [3.63, 3.8) is 0 Å². The van der Waals surface area contributed by atoms with E-state index >= 15 is 0 Å². The summed E-state index contributed by atoms with van der Waals surface area (Å²) in [5.74, 6) is -0.813. The smallest absolute Gasteiger partial charge is 0.267 e. The molecule has 0 radical (unpaired) electrons. The number of hydrogen-bond acceptors (Lipinski definition) is 3. The van der Waals surface area contributed by atoms with Crippen molar-refractivity contribution >= 4 is 10.1 Å². The van der Waals surface area contributed by atoms with Gasteiger partial charge >= 0.3 is 0 Å². The fourth-order valence-electron chi connectivity index (χ4n) is 2.07. The minimum Gasteiger partial charge on any atom is -0.311 e. The molecule has 0 bridgehead atoms. The monoisotopic (exact) mass is 253 g/mol. The first-order valence-corrected chi connectivity index (χ1v) is 7.41. The highest BCUT2D eigenvalue weighted by Gasteiger charge is 2.18. The summed E-state index contributed by atoms with van der Waals surface area (Å²) in [4.78, 5) is 0. The highest BCUT2D eigenvalue weighted by atomic mass is 32.2. The molecule has 1 fully saturated rings. The molecule has 0 aromatic carbocycles. The van der Waals surface area contributed by atoms with Crippen LogP contribution in [0.1, 0.15) is 38.5 Å². The maximum absolute atomic E-state index is 13.2. The standard InChI is InChI=1S/C10H20FNO3S/c11-9(8-16(13,14)15)7-12-10-5-3-1-2-4-6-10/h9-10,12H,1-8H2,(H,13,14,15)/t9-/m1/s1. The Bertz CT molecular complexity index is 286. The Morgan fingerprint density at radius 2 is 1.81 bits per heavy atom. The van der Waals surface area contributed by atoms with Gasteiger partial charge in [0.15, 0.2) is 0 Å². The van der Waals surface area contributed by atoms with E-state index < -0.39 is 22.0 Å². The summed E-state index contributed by atoms with van der Waals surface area (Å²) in [6.07, 6.45) is 5.26. The Morgan fingerprint density at radius 1 is 1.25 bits per heavy atom. The summed E-state index contributed by atoms with van der Waals surface area (Å²) in [7, 11) is -4.20. The first-order valence-electron chi connectivity index (χ1n) is 5.80. The minimum atomic E-state index is -4.20. The van der Waals surface area contributed by atoms with Gasteiger partial charge in [0, 0.05) is 12.6 Å². The van der Waals surface area contributed by atoms with Crippen molar-refractivity contribution in [1.29, 1.82) is 0 Å². The number of alkyl halides is 1. The number of hydrogen-bond donors (Lipinski definition) is 2. The lowest BCUT2D eigenvalue weighted by atomic mass is 10.1. The van der Waals surface area contributed by atoms with E-state index in [-0.39, 0.29) is 6.54 Å². The molecule has 2 N–H and O–H groups in total. The van der Waals surface area contributed by atoms with Crippen LogP contribution in [0.25, 0.3) is 0 Å². The molecule has 0 unspecified atom stereocenters. The molecule has 96 valence electrons. The van der Waals surface area contributed by atoms with Crippen molar-refractivity contribution in [3.8, 4) is 0 Å². The van der Waals surface area contributed by atoms with Crippen molar-refractivity contribution in [2.24, 2.45) is 0 Å². The van der Waals surface area contributed by atoms with E-state index in [1.54, 1.807) is 0 Å². The highest BCUT2D eigenvalue weighted by molar-refractivity contribution is 7.85. The molecule has 4 nitrogen and oxygen atoms in total. The molecule has 0 saturated heterocycles. The molecule has 16 heavy (non-hydrogen) atoms. The molecule has 1 atom stereocenters. The van der Waals surface area contributed by atoms with Gasteiger partial charge in [0.1, 0.15) is 11.9 Å². The number of nitrogens with one attached hydrogen (secondary N) is 1. The lowest BCUT2D eigenvalue weighted by molar-refractivity contribution is 0.315. The van der Waals surface area contributed by atoms with Crippen molar-refractivity contribution in [3.05, 3.63) is 0 Å². The summed E-state index contributed by atoms with van der Waals surface area (Å²) >= 11 is 0. The molecule has 1 saturated carbocycles. The van der Waals surface area contributed by atoms with Crippen molar-refractivity contribution in [2.75, 3.05) is 12.3 Å². The molecule has 0 aromatic rings. The lowest BCUT2D eigenvalue weighted by Crippen LogP contribution is -2.36. The largest absolute Gasteiger partial charge is 0.311 e. The predicted molar refractivity (Wildman–Crippen MR) is 60.8 cm³/mol. The van der Waals surface area contributed by atoms with E-state index in [4.69, 9.17) is 4.55 Å². The quantitative estimate of drug-likeness (QED) is 0.576. The molecule has 1 rings (SSSR count). The summed E-state index contributed by atoms with van der Waals surface area (Å²) in [6, 6.07) is 0.294. The summed E-state index contributed by atoms with van der Waals surface area (Å²) < 4.78 is 42.5. The maximum Gasteiger partial charge on any atom is 0.267 e. The summed E-state index contributed by atoms with van der Waals surface area (Å²) in [5, 5.41) is 3.03. The van der Waals surface area contributed by atoms with Crippen LogP contribution in [0.4, 0.5) is 4.39 Å². The van der Waals surface area contributed by atoms with Crippen molar-refractivity contribution in [1.82, 2.24) is 5.32 Å². The van der Waals surface area contributed by atoms with E-state index in [9.17, 15) is 12.8 Å². The fraction of sp³-hybridized carbons (Fsp3) is 1.00. The first-order chi connectivity index (χ1) is 7.47. The number of rotatable bonds is 5. The van der Waals surface area contributed by atoms with Gasteiger partial charge in [-0.3, -0.25) is 4.55 Å². The van der Waals surface area contributed by atoms with Gasteiger partial charge in [-0.15, -0.1) is 0 Å². The topological polar surface area (TPSA) is 66.4 Å². The van der Waals surface area contributed by atoms with Crippen LogP contribution < -0.4 is 5.32 Å². The molecule has 0 heterocycles. The van der Waals surface area contributed by atoms with Crippen LogP contribution in [0.3, 0.4) is 0 Å². The van der Waals surface area contributed by atoms with Crippen LogP contribution in [-0.2, 0) is 10.1 Å². The Labute approximate surface area is 96.4 Å². The van der Waals surface area contributed by atoms with E-state index in [0.29, 0.717) is 6.04 Å². The molecule has 0 aliphatic heterocycles. The van der Waals surface area contributed by atoms with Crippen molar-refractivity contribution < 1.29 is 17.4 Å². The van der Waals surface area contributed by atoms with Crippen LogP contribution in [-0.4, -0.2) is 37.5 Å². The number of halogens is 1. The third kappa shape index (κ3) is 6.40. The van der Waals surface area contributed by atoms with Gasteiger partial charge in [0.25, 0.3) is 10.1 Å². The molecular formula is C10H20FNO3S. The zero-order valence-corrected chi connectivity index (χ0v) is 10.2. The van der Waals surface area contributed by atoms with Crippen LogP contribution in [0.2, 0.25) is 0 Å². The average molecular weight is 253 g/mol. The van der Waals surface area contributed by atoms with Crippen LogP contribution >= 0.6 is 0 Å². The first kappa shape index (κ1) is 13.9. The predicted octanol–water partition coefficient (Wildman–Crippen LogP) is 1.52. The zero-order chi connectivity index (χ0) is 12.0. The Kier molecular flexibility index (Phi) is 5.64. The molecule has 1 aliphatic rings. The van der Waals surface area contributed by atoms with Gasteiger partial charge in [0.2, 0.25) is 0 Å². The fourth-order valence-corrected chi connectivity index (χ4v) is 2.64. The van der Waals surface area contributed by atoms with Gasteiger partial charge in [-0.25, -0.2) is 4.39 Å². The minimum absolute atomic E-state index is 0.00442. The van der Waals surface area contributed by atoms with E-state index in [0.717, 1.165) is 25.7 Å². The van der Waals surface area contributed by atoms with Gasteiger partial charge < -0.3 is 5.32 Å². The van der Waals surface area contributed by atoms with Gasteiger partial charge in [-0.2, -0.15) is 8.42 Å². The van der Waals surface area contributed by atoms with Crippen LogP contribution in [0.5, 0.6) is 0 Å². The molecule has 1 aliphatic carbocycles. The van der Waals surface area contributed by atoms with Crippen LogP contribution in [0, 0.1) is 0 Å². The third-order valence-corrected chi connectivity index (χ3v) is 3.66. The third-order valence-electron chi connectivity index (χ3n) is 2.87. The molecule has 6 heteroatoms. The van der Waals surface area contributed by atoms with Crippen molar-refractivity contribution in [2.45, 2.75) is 50.7 Å². The molecule has 0 spiro atoms. The Hall–Kier alpha value is -0.200. The SMILES string of the molecule is O=S(=O)(O)C[C@H](F)CNC1CCCCCC1. The van der Waals surface area contributed by atoms with E-state index in [1.807, 2.05) is 0 Å². The Morgan fingerprint density at radius 3 is 2.31 bits per heavy atom.